The van der Waals surface area contributed by atoms with Crippen molar-refractivity contribution in [1.82, 2.24) is 14.9 Å². The summed E-state index contributed by atoms with van der Waals surface area (Å²) in [5.41, 5.74) is 1.77. The third-order valence-corrected chi connectivity index (χ3v) is 3.27. The zero-order valence-corrected chi connectivity index (χ0v) is 10.9. The van der Waals surface area contributed by atoms with E-state index in [2.05, 4.69) is 17.2 Å². The van der Waals surface area contributed by atoms with Crippen molar-refractivity contribution < 1.29 is 4.39 Å². The van der Waals surface area contributed by atoms with Gasteiger partial charge in [-0.1, -0.05) is 12.1 Å². The molecule has 0 fully saturated rings. The number of nitrogens with one attached hydrogen (secondary N) is 1. The van der Waals surface area contributed by atoms with Gasteiger partial charge in [0.2, 0.25) is 0 Å². The van der Waals surface area contributed by atoms with E-state index in [4.69, 9.17) is 0 Å². The highest BCUT2D eigenvalue weighted by molar-refractivity contribution is 5.29. The minimum Gasteiger partial charge on any atom is -0.338 e. The van der Waals surface area contributed by atoms with E-state index in [1.165, 1.54) is 6.07 Å². The van der Waals surface area contributed by atoms with Crippen molar-refractivity contribution in [1.29, 1.82) is 0 Å². The maximum Gasteiger partial charge on any atom is 0.126 e. The van der Waals surface area contributed by atoms with E-state index >= 15 is 0 Å². The molecule has 1 N–H and O–H groups in total. The average molecular weight is 247 g/mol. The summed E-state index contributed by atoms with van der Waals surface area (Å²) in [6.45, 7) is 2.05. The molecule has 0 spiro atoms. The van der Waals surface area contributed by atoms with Crippen LogP contribution in [0, 0.1) is 5.82 Å². The van der Waals surface area contributed by atoms with Crippen molar-refractivity contribution in [2.24, 2.45) is 7.05 Å². The van der Waals surface area contributed by atoms with Gasteiger partial charge in [-0.2, -0.15) is 0 Å². The Morgan fingerprint density at radius 2 is 2.22 bits per heavy atom. The second kappa shape index (κ2) is 5.31. The van der Waals surface area contributed by atoms with Gasteiger partial charge in [0, 0.05) is 31.9 Å². The molecular formula is C14H18FN3. The lowest BCUT2D eigenvalue weighted by atomic mass is 10.0. The molecule has 0 radical (unpaired) electrons. The quantitative estimate of drug-likeness (QED) is 0.899. The molecule has 0 saturated heterocycles. The number of imidazole rings is 1. The highest BCUT2D eigenvalue weighted by Crippen LogP contribution is 2.18. The number of benzene rings is 1. The molecule has 1 heterocycles. The summed E-state index contributed by atoms with van der Waals surface area (Å²) in [5.74, 6) is 0.688. The Labute approximate surface area is 107 Å². The number of hydrogen-bond acceptors (Lipinski definition) is 2. The van der Waals surface area contributed by atoms with Crippen LogP contribution in [0.3, 0.4) is 0 Å². The highest BCUT2D eigenvalue weighted by Gasteiger charge is 2.10. The average Bonchev–Trinajstić information content (AvgIpc) is 2.77. The molecule has 0 aliphatic heterocycles. The molecule has 1 aromatic carbocycles. The first kappa shape index (κ1) is 12.8. The molecule has 18 heavy (non-hydrogen) atoms. The standard InChI is InChI=1S/C14H18FN3/c1-10(16-2)11-4-5-13(15)12(8-11)9-14-17-6-7-18(14)3/h4-8,10,16H,9H2,1-3H3. The van der Waals surface area contributed by atoms with Crippen molar-refractivity contribution in [2.75, 3.05) is 7.05 Å². The van der Waals surface area contributed by atoms with Crippen molar-refractivity contribution in [3.8, 4) is 0 Å². The van der Waals surface area contributed by atoms with Crippen molar-refractivity contribution in [3.63, 3.8) is 0 Å². The predicted octanol–water partition coefficient (Wildman–Crippen LogP) is 2.43. The maximum absolute atomic E-state index is 13.8. The molecule has 1 aromatic heterocycles. The zero-order valence-electron chi connectivity index (χ0n) is 10.9. The second-order valence-corrected chi connectivity index (χ2v) is 4.49. The van der Waals surface area contributed by atoms with E-state index in [-0.39, 0.29) is 11.9 Å². The third-order valence-electron chi connectivity index (χ3n) is 3.27. The molecule has 0 saturated carbocycles. The second-order valence-electron chi connectivity index (χ2n) is 4.49. The summed E-state index contributed by atoms with van der Waals surface area (Å²) in [6, 6.07) is 5.47. The first-order chi connectivity index (χ1) is 8.61. The van der Waals surface area contributed by atoms with E-state index in [0.29, 0.717) is 12.0 Å². The van der Waals surface area contributed by atoms with Crippen LogP contribution in [0.2, 0.25) is 0 Å². The molecular weight excluding hydrogens is 229 g/mol. The van der Waals surface area contributed by atoms with Crippen LogP contribution in [0.15, 0.2) is 30.6 Å². The van der Waals surface area contributed by atoms with Crippen molar-refractivity contribution in [3.05, 3.63) is 53.4 Å². The van der Waals surface area contributed by atoms with E-state index in [9.17, 15) is 4.39 Å². The smallest absolute Gasteiger partial charge is 0.126 e. The van der Waals surface area contributed by atoms with Crippen molar-refractivity contribution >= 4 is 0 Å². The number of halogens is 1. The Morgan fingerprint density at radius 3 is 2.83 bits per heavy atom. The Balaban J connectivity index is 2.29. The fourth-order valence-electron chi connectivity index (χ4n) is 1.90. The zero-order chi connectivity index (χ0) is 13.1. The van der Waals surface area contributed by atoms with E-state index < -0.39 is 0 Å². The molecule has 0 amide bonds. The van der Waals surface area contributed by atoms with Crippen LogP contribution >= 0.6 is 0 Å². The number of aromatic nitrogens is 2. The summed E-state index contributed by atoms with van der Waals surface area (Å²) < 4.78 is 15.7. The Morgan fingerprint density at radius 1 is 1.44 bits per heavy atom. The molecule has 3 nitrogen and oxygen atoms in total. The number of nitrogens with zero attached hydrogens (tertiary/aromatic N) is 2. The van der Waals surface area contributed by atoms with Gasteiger partial charge in [0.05, 0.1) is 0 Å². The number of rotatable bonds is 4. The Hall–Kier alpha value is -1.68. The largest absolute Gasteiger partial charge is 0.338 e. The summed E-state index contributed by atoms with van der Waals surface area (Å²) in [4.78, 5) is 4.23. The maximum atomic E-state index is 13.8. The minimum atomic E-state index is -0.176. The van der Waals surface area contributed by atoms with Gasteiger partial charge in [0.25, 0.3) is 0 Å². The molecule has 1 unspecified atom stereocenters. The van der Waals surface area contributed by atoms with Gasteiger partial charge in [-0.3, -0.25) is 0 Å². The van der Waals surface area contributed by atoms with Gasteiger partial charge in [0.1, 0.15) is 11.6 Å². The minimum absolute atomic E-state index is 0.176. The first-order valence-electron chi connectivity index (χ1n) is 6.03. The number of aryl methyl sites for hydroxylation is 1. The SMILES string of the molecule is CNC(C)c1ccc(F)c(Cc2nccn2C)c1. The van der Waals surface area contributed by atoms with Gasteiger partial charge in [0.15, 0.2) is 0 Å². The highest BCUT2D eigenvalue weighted by atomic mass is 19.1. The van der Waals surface area contributed by atoms with Crippen LogP contribution in [0.5, 0.6) is 0 Å². The van der Waals surface area contributed by atoms with Gasteiger partial charge in [-0.15, -0.1) is 0 Å². The van der Waals surface area contributed by atoms with Gasteiger partial charge >= 0.3 is 0 Å². The van der Waals surface area contributed by atoms with E-state index in [1.54, 1.807) is 6.20 Å². The topological polar surface area (TPSA) is 29.9 Å². The van der Waals surface area contributed by atoms with Crippen LogP contribution in [0.4, 0.5) is 4.39 Å². The fourth-order valence-corrected chi connectivity index (χ4v) is 1.90. The first-order valence-corrected chi connectivity index (χ1v) is 6.03. The molecule has 2 aromatic rings. The van der Waals surface area contributed by atoms with E-state index in [0.717, 1.165) is 11.4 Å². The lowest BCUT2D eigenvalue weighted by Crippen LogP contribution is -2.13. The Kier molecular flexibility index (Phi) is 3.77. The van der Waals surface area contributed by atoms with Gasteiger partial charge in [-0.05, 0) is 31.2 Å². The molecule has 0 aliphatic rings. The summed E-state index contributed by atoms with van der Waals surface area (Å²) in [6.07, 6.45) is 4.11. The molecule has 0 bridgehead atoms. The van der Waals surface area contributed by atoms with Gasteiger partial charge in [-0.25, -0.2) is 9.37 Å². The summed E-state index contributed by atoms with van der Waals surface area (Å²) >= 11 is 0. The third kappa shape index (κ3) is 2.59. The normalized spacial score (nSPS) is 12.7. The predicted molar refractivity (Wildman–Crippen MR) is 69.9 cm³/mol. The van der Waals surface area contributed by atoms with Gasteiger partial charge < -0.3 is 9.88 Å². The van der Waals surface area contributed by atoms with E-state index in [1.807, 2.05) is 37.0 Å². The molecule has 2 rings (SSSR count). The summed E-state index contributed by atoms with van der Waals surface area (Å²) in [7, 11) is 3.81. The fraction of sp³-hybridized carbons (Fsp3) is 0.357. The Bertz CT molecular complexity index is 534. The lowest BCUT2D eigenvalue weighted by molar-refractivity contribution is 0.602. The molecule has 4 heteroatoms. The summed E-state index contributed by atoms with van der Waals surface area (Å²) in [5, 5.41) is 3.15. The lowest BCUT2D eigenvalue weighted by Gasteiger charge is -2.12. The monoisotopic (exact) mass is 247 g/mol. The van der Waals surface area contributed by atoms with Crippen LogP contribution < -0.4 is 5.32 Å². The molecule has 0 aliphatic carbocycles. The molecule has 1 atom stereocenters. The van der Waals surface area contributed by atoms with Crippen LogP contribution in [0.1, 0.15) is 29.9 Å². The van der Waals surface area contributed by atoms with Crippen LogP contribution in [-0.2, 0) is 13.5 Å². The number of hydrogen-bond donors (Lipinski definition) is 1. The van der Waals surface area contributed by atoms with Crippen LogP contribution in [0.25, 0.3) is 0 Å². The van der Waals surface area contributed by atoms with Crippen molar-refractivity contribution in [2.45, 2.75) is 19.4 Å². The molecule has 96 valence electrons. The van der Waals surface area contributed by atoms with Crippen LogP contribution in [-0.4, -0.2) is 16.6 Å².